The SMILES string of the molecule is CC1=CC(=O)N(c2ccccc2C(=O)OC[C@@]23CCC[C@]4(CCC=CC[C@]42O)CN(CCCc2ccccc2)C3)C1=O. The van der Waals surface area contributed by atoms with E-state index in [2.05, 4.69) is 41.3 Å². The van der Waals surface area contributed by atoms with Gasteiger partial charge in [0.1, 0.15) is 6.61 Å². The average Bonchev–Trinajstić information content (AvgIpc) is 3.11. The molecule has 0 spiro atoms. The van der Waals surface area contributed by atoms with Gasteiger partial charge in [0.15, 0.2) is 0 Å². The van der Waals surface area contributed by atoms with Crippen LogP contribution in [0.15, 0.2) is 78.4 Å². The van der Waals surface area contributed by atoms with Crippen molar-refractivity contribution in [1.82, 2.24) is 4.90 Å². The highest BCUT2D eigenvalue weighted by atomic mass is 16.5. The third kappa shape index (κ3) is 4.82. The van der Waals surface area contributed by atoms with Crippen molar-refractivity contribution in [3.8, 4) is 0 Å². The molecule has 1 saturated heterocycles. The van der Waals surface area contributed by atoms with E-state index in [0.29, 0.717) is 18.5 Å². The minimum Gasteiger partial charge on any atom is -0.461 e. The normalized spacial score (nSPS) is 29.2. The molecule has 2 aliphatic carbocycles. The number of allylic oxidation sites excluding steroid dienone is 1. The number of anilines is 1. The van der Waals surface area contributed by atoms with E-state index in [-0.39, 0.29) is 23.3 Å². The predicted octanol–water partition coefficient (Wildman–Crippen LogP) is 5.24. The van der Waals surface area contributed by atoms with Gasteiger partial charge in [-0.05, 0) is 76.1 Å². The van der Waals surface area contributed by atoms with Crippen LogP contribution in [0.4, 0.5) is 5.69 Å². The highest BCUT2D eigenvalue weighted by molar-refractivity contribution is 6.31. The molecule has 2 aromatic carbocycles. The van der Waals surface area contributed by atoms with E-state index in [0.717, 1.165) is 62.9 Å². The van der Waals surface area contributed by atoms with Crippen LogP contribution in [0.1, 0.15) is 67.8 Å². The lowest BCUT2D eigenvalue weighted by atomic mass is 9.47. The monoisotopic (exact) mass is 568 g/mol. The maximum atomic E-state index is 13.7. The molecule has 0 aromatic heterocycles. The Balaban J connectivity index is 1.25. The Morgan fingerprint density at radius 1 is 0.976 bits per heavy atom. The number of ether oxygens (including phenoxy) is 1. The molecule has 0 unspecified atom stereocenters. The third-order valence-corrected chi connectivity index (χ3v) is 10.2. The van der Waals surface area contributed by atoms with Crippen molar-refractivity contribution in [1.29, 1.82) is 0 Å². The van der Waals surface area contributed by atoms with Crippen molar-refractivity contribution in [3.05, 3.63) is 89.5 Å². The Hall–Kier alpha value is -3.55. The van der Waals surface area contributed by atoms with Crippen LogP contribution in [0, 0.1) is 10.8 Å². The lowest BCUT2D eigenvalue weighted by Gasteiger charge is -2.66. The number of piperidine rings is 1. The summed E-state index contributed by atoms with van der Waals surface area (Å²) < 4.78 is 6.10. The van der Waals surface area contributed by atoms with Gasteiger partial charge in [-0.15, -0.1) is 0 Å². The standard InChI is InChI=1S/C35H40N2O5/c1-26-22-30(38)37(31(26)39)29-16-7-6-15-28(29)32(40)42-25-34-19-11-18-33(17-8-3-9-20-35(33,34)41)23-36(24-34)21-10-14-27-12-4-2-5-13-27/h2-7,9,12-13,15-16,22,41H,8,10-11,14,17-21,23-25H2,1H3/t33-,34+,35+/m1/s1. The number of hydrogen-bond acceptors (Lipinski definition) is 6. The fourth-order valence-electron chi connectivity index (χ4n) is 8.13. The quantitative estimate of drug-likeness (QED) is 0.266. The number of carbonyl (C=O) groups is 3. The lowest BCUT2D eigenvalue weighted by molar-refractivity contribution is -0.255. The molecule has 3 atom stereocenters. The zero-order valence-electron chi connectivity index (χ0n) is 24.4. The van der Waals surface area contributed by atoms with Crippen LogP contribution in [-0.4, -0.2) is 59.6 Å². The summed E-state index contributed by atoms with van der Waals surface area (Å²) >= 11 is 0. The molecule has 1 saturated carbocycles. The molecule has 2 fully saturated rings. The first-order valence-corrected chi connectivity index (χ1v) is 15.2. The van der Waals surface area contributed by atoms with E-state index in [1.54, 1.807) is 31.2 Å². The van der Waals surface area contributed by atoms with Crippen LogP contribution in [-0.2, 0) is 20.7 Å². The van der Waals surface area contributed by atoms with Crippen molar-refractivity contribution < 1.29 is 24.2 Å². The van der Waals surface area contributed by atoms with E-state index >= 15 is 0 Å². The molecule has 42 heavy (non-hydrogen) atoms. The van der Waals surface area contributed by atoms with Crippen molar-refractivity contribution in [2.24, 2.45) is 10.8 Å². The molecule has 220 valence electrons. The Labute approximate surface area is 247 Å². The van der Waals surface area contributed by atoms with Gasteiger partial charge in [0, 0.05) is 35.6 Å². The average molecular weight is 569 g/mol. The van der Waals surface area contributed by atoms with E-state index < -0.39 is 28.8 Å². The Morgan fingerprint density at radius 3 is 2.55 bits per heavy atom. The first-order valence-electron chi connectivity index (χ1n) is 15.2. The Bertz CT molecular complexity index is 1430. The van der Waals surface area contributed by atoms with Gasteiger partial charge in [-0.3, -0.25) is 9.59 Å². The zero-order chi connectivity index (χ0) is 29.4. The second-order valence-corrected chi connectivity index (χ2v) is 12.7. The number of rotatable bonds is 8. The van der Waals surface area contributed by atoms with Gasteiger partial charge in [-0.1, -0.05) is 61.0 Å². The number of aliphatic hydroxyl groups is 1. The molecule has 0 radical (unpaired) electrons. The highest BCUT2D eigenvalue weighted by Crippen LogP contribution is 2.62. The summed E-state index contributed by atoms with van der Waals surface area (Å²) in [5.41, 5.74) is 0.189. The number of likely N-dealkylation sites (tertiary alicyclic amines) is 1. The molecule has 2 bridgehead atoms. The number of aryl methyl sites for hydroxylation is 1. The van der Waals surface area contributed by atoms with Crippen molar-refractivity contribution in [2.45, 2.75) is 63.9 Å². The van der Waals surface area contributed by atoms with Crippen LogP contribution in [0.25, 0.3) is 0 Å². The van der Waals surface area contributed by atoms with Crippen molar-refractivity contribution in [2.75, 3.05) is 31.1 Å². The molecular formula is C35H40N2O5. The molecule has 4 aliphatic rings. The zero-order valence-corrected chi connectivity index (χ0v) is 24.4. The van der Waals surface area contributed by atoms with E-state index in [9.17, 15) is 19.5 Å². The summed E-state index contributed by atoms with van der Waals surface area (Å²) in [7, 11) is 0. The van der Waals surface area contributed by atoms with Gasteiger partial charge in [-0.2, -0.15) is 0 Å². The molecule has 7 heteroatoms. The number of para-hydroxylation sites is 1. The van der Waals surface area contributed by atoms with Gasteiger partial charge in [0.2, 0.25) is 0 Å². The van der Waals surface area contributed by atoms with Gasteiger partial charge in [-0.25, -0.2) is 9.69 Å². The molecule has 2 heterocycles. The smallest absolute Gasteiger partial charge is 0.340 e. The summed E-state index contributed by atoms with van der Waals surface area (Å²) in [5, 5.41) is 12.6. The number of hydrogen-bond donors (Lipinski definition) is 1. The minimum atomic E-state index is -0.983. The fourth-order valence-corrected chi connectivity index (χ4v) is 8.13. The van der Waals surface area contributed by atoms with Crippen molar-refractivity contribution in [3.63, 3.8) is 0 Å². The van der Waals surface area contributed by atoms with Gasteiger partial charge >= 0.3 is 5.97 Å². The van der Waals surface area contributed by atoms with Crippen LogP contribution in [0.2, 0.25) is 0 Å². The first-order chi connectivity index (χ1) is 20.3. The number of benzene rings is 2. The second kappa shape index (κ2) is 11.3. The maximum absolute atomic E-state index is 13.7. The molecular weight excluding hydrogens is 528 g/mol. The molecule has 2 amide bonds. The van der Waals surface area contributed by atoms with Gasteiger partial charge < -0.3 is 14.7 Å². The topological polar surface area (TPSA) is 87.2 Å². The fraction of sp³-hybridized carbons (Fsp3) is 0.457. The highest BCUT2D eigenvalue weighted by Gasteiger charge is 2.67. The third-order valence-electron chi connectivity index (χ3n) is 10.2. The van der Waals surface area contributed by atoms with Gasteiger partial charge in [0.25, 0.3) is 11.8 Å². The first kappa shape index (κ1) is 28.6. The van der Waals surface area contributed by atoms with Crippen molar-refractivity contribution >= 4 is 23.5 Å². The molecule has 1 N–H and O–H groups in total. The summed E-state index contributed by atoms with van der Waals surface area (Å²) in [6.45, 7) is 4.11. The lowest BCUT2D eigenvalue weighted by Crippen LogP contribution is -2.73. The van der Waals surface area contributed by atoms with Gasteiger partial charge in [0.05, 0.1) is 16.9 Å². The summed E-state index contributed by atoms with van der Waals surface area (Å²) in [5.74, 6) is -1.49. The summed E-state index contributed by atoms with van der Waals surface area (Å²) in [6.07, 6.45) is 12.7. The number of imide groups is 1. The summed E-state index contributed by atoms with van der Waals surface area (Å²) in [4.78, 5) is 42.5. The van der Waals surface area contributed by atoms with Crippen LogP contribution < -0.4 is 4.90 Å². The predicted molar refractivity (Wildman–Crippen MR) is 161 cm³/mol. The number of carbonyl (C=O) groups excluding carboxylic acids is 3. The Morgan fingerprint density at radius 2 is 1.76 bits per heavy atom. The van der Waals surface area contributed by atoms with E-state index in [1.165, 1.54) is 11.6 Å². The number of esters is 1. The van der Waals surface area contributed by atoms with Crippen LogP contribution in [0.3, 0.4) is 0 Å². The largest absolute Gasteiger partial charge is 0.461 e. The van der Waals surface area contributed by atoms with Crippen LogP contribution in [0.5, 0.6) is 0 Å². The van der Waals surface area contributed by atoms with E-state index in [1.807, 2.05) is 6.07 Å². The Kier molecular flexibility index (Phi) is 7.66. The summed E-state index contributed by atoms with van der Waals surface area (Å²) in [6, 6.07) is 17.1. The van der Waals surface area contributed by atoms with E-state index in [4.69, 9.17) is 4.74 Å². The molecule has 2 aliphatic heterocycles. The number of nitrogens with zero attached hydrogens (tertiary/aromatic N) is 2. The van der Waals surface area contributed by atoms with Crippen LogP contribution >= 0.6 is 0 Å². The molecule has 7 nitrogen and oxygen atoms in total. The second-order valence-electron chi connectivity index (χ2n) is 12.7. The number of amides is 2. The molecule has 6 rings (SSSR count). The maximum Gasteiger partial charge on any atom is 0.340 e. The molecule has 2 aromatic rings. The minimum absolute atomic E-state index is 0.0839.